The fourth-order valence-electron chi connectivity index (χ4n) is 4.12. The van der Waals surface area contributed by atoms with Crippen molar-refractivity contribution in [2.24, 2.45) is 16.1 Å². The highest BCUT2D eigenvalue weighted by atomic mass is 16.2. The van der Waals surface area contributed by atoms with E-state index in [1.54, 1.807) is 26.5 Å². The molecule has 0 unspecified atom stereocenters. The lowest BCUT2D eigenvalue weighted by molar-refractivity contribution is -0.124. The number of benzene rings is 1. The van der Waals surface area contributed by atoms with Crippen LogP contribution in [0.1, 0.15) is 37.0 Å². The van der Waals surface area contributed by atoms with Crippen LogP contribution >= 0.6 is 0 Å². The van der Waals surface area contributed by atoms with Gasteiger partial charge >= 0.3 is 0 Å². The summed E-state index contributed by atoms with van der Waals surface area (Å²) >= 11 is 0. The number of carbonyl (C=O) groups is 2. The minimum atomic E-state index is -0.699. The van der Waals surface area contributed by atoms with Crippen LogP contribution in [0.15, 0.2) is 47.1 Å². The molecule has 1 atom stereocenters. The van der Waals surface area contributed by atoms with E-state index in [-0.39, 0.29) is 11.8 Å². The summed E-state index contributed by atoms with van der Waals surface area (Å²) in [6.07, 6.45) is 3.30. The number of carbonyl (C=O) groups excluding carboxylic acids is 2. The molecule has 2 amide bonds. The SMILES string of the molecule is CN=C/C(=C\N)CN1CCn2c(-c3ccccc3)nc(C(=O)N[C@H](C(=O)NC)C(C)(C)C)c2C1. The van der Waals surface area contributed by atoms with Crippen LogP contribution in [0.3, 0.4) is 0 Å². The summed E-state index contributed by atoms with van der Waals surface area (Å²) in [6.45, 7) is 8.36. The van der Waals surface area contributed by atoms with Crippen LogP contribution in [0, 0.1) is 5.41 Å². The molecule has 2 heterocycles. The highest BCUT2D eigenvalue weighted by molar-refractivity contribution is 5.98. The number of hydrogen-bond acceptors (Lipinski definition) is 6. The molecule has 0 bridgehead atoms. The Morgan fingerprint density at radius 2 is 1.94 bits per heavy atom. The van der Waals surface area contributed by atoms with Crippen molar-refractivity contribution in [3.8, 4) is 11.4 Å². The number of nitrogens with zero attached hydrogens (tertiary/aromatic N) is 4. The number of likely N-dealkylation sites (N-methyl/N-ethyl adjacent to an activating group) is 1. The molecule has 0 radical (unpaired) electrons. The molecular weight excluding hydrogens is 430 g/mol. The van der Waals surface area contributed by atoms with Gasteiger partial charge < -0.3 is 20.9 Å². The summed E-state index contributed by atoms with van der Waals surface area (Å²) in [6, 6.07) is 9.13. The first-order valence-electron chi connectivity index (χ1n) is 11.4. The van der Waals surface area contributed by atoms with Crippen LogP contribution in [0.4, 0.5) is 0 Å². The van der Waals surface area contributed by atoms with Crippen LogP contribution in [-0.4, -0.2) is 65.7 Å². The molecule has 0 aliphatic carbocycles. The first-order valence-corrected chi connectivity index (χ1v) is 11.4. The van der Waals surface area contributed by atoms with Crippen molar-refractivity contribution < 1.29 is 9.59 Å². The molecule has 0 saturated carbocycles. The fraction of sp³-hybridized carbons (Fsp3) is 0.440. The molecule has 1 aliphatic rings. The highest BCUT2D eigenvalue weighted by Gasteiger charge is 2.35. The van der Waals surface area contributed by atoms with Gasteiger partial charge in [0.1, 0.15) is 11.9 Å². The molecular formula is C25H35N7O2. The van der Waals surface area contributed by atoms with E-state index in [4.69, 9.17) is 10.7 Å². The van der Waals surface area contributed by atoms with E-state index >= 15 is 0 Å². The molecule has 9 nitrogen and oxygen atoms in total. The Morgan fingerprint density at radius 3 is 2.53 bits per heavy atom. The normalized spacial score (nSPS) is 15.7. The predicted octanol–water partition coefficient (Wildman–Crippen LogP) is 1.80. The highest BCUT2D eigenvalue weighted by Crippen LogP contribution is 2.27. The van der Waals surface area contributed by atoms with Crippen molar-refractivity contribution in [1.82, 2.24) is 25.1 Å². The number of aliphatic imine (C=N–C) groups is 1. The Labute approximate surface area is 201 Å². The maximum atomic E-state index is 13.5. The minimum Gasteiger partial charge on any atom is -0.404 e. The Bertz CT molecular complexity index is 1080. The van der Waals surface area contributed by atoms with E-state index in [1.165, 1.54) is 0 Å². The predicted molar refractivity (Wildman–Crippen MR) is 134 cm³/mol. The van der Waals surface area contributed by atoms with Gasteiger partial charge in [0.2, 0.25) is 5.91 Å². The first kappa shape index (κ1) is 25.2. The zero-order valence-electron chi connectivity index (χ0n) is 20.6. The largest absolute Gasteiger partial charge is 0.404 e. The van der Waals surface area contributed by atoms with E-state index in [0.717, 1.165) is 29.2 Å². The van der Waals surface area contributed by atoms with Gasteiger partial charge in [0.25, 0.3) is 5.91 Å². The molecule has 1 aliphatic heterocycles. The monoisotopic (exact) mass is 465 g/mol. The van der Waals surface area contributed by atoms with Crippen molar-refractivity contribution in [2.45, 2.75) is 39.9 Å². The fourth-order valence-corrected chi connectivity index (χ4v) is 4.12. The Hall–Kier alpha value is -3.46. The third-order valence-electron chi connectivity index (χ3n) is 5.90. The molecule has 0 spiro atoms. The average molecular weight is 466 g/mol. The summed E-state index contributed by atoms with van der Waals surface area (Å²) in [5, 5.41) is 5.58. The Kier molecular flexibility index (Phi) is 7.88. The van der Waals surface area contributed by atoms with E-state index < -0.39 is 11.5 Å². The topological polar surface area (TPSA) is 118 Å². The molecule has 0 fully saturated rings. The van der Waals surface area contributed by atoms with Crippen molar-refractivity contribution >= 4 is 18.0 Å². The molecule has 9 heteroatoms. The maximum Gasteiger partial charge on any atom is 0.272 e. The van der Waals surface area contributed by atoms with E-state index in [1.807, 2.05) is 51.1 Å². The lowest BCUT2D eigenvalue weighted by Crippen LogP contribution is -2.53. The number of imidazole rings is 1. The number of fused-ring (bicyclic) bond motifs is 1. The second kappa shape index (κ2) is 10.6. The summed E-state index contributed by atoms with van der Waals surface area (Å²) in [5.41, 5.74) is 8.29. The van der Waals surface area contributed by atoms with Gasteiger partial charge in [-0.25, -0.2) is 4.98 Å². The van der Waals surface area contributed by atoms with Crippen molar-refractivity contribution in [3.63, 3.8) is 0 Å². The minimum absolute atomic E-state index is 0.240. The van der Waals surface area contributed by atoms with Gasteiger partial charge in [0.05, 0.1) is 5.69 Å². The van der Waals surface area contributed by atoms with Crippen molar-refractivity contribution in [3.05, 3.63) is 53.5 Å². The zero-order chi connectivity index (χ0) is 24.9. The van der Waals surface area contributed by atoms with E-state index in [9.17, 15) is 9.59 Å². The lowest BCUT2D eigenvalue weighted by Gasteiger charge is -2.31. The molecule has 1 aromatic heterocycles. The summed E-state index contributed by atoms with van der Waals surface area (Å²) in [7, 11) is 3.28. The number of hydrogen-bond donors (Lipinski definition) is 3. The summed E-state index contributed by atoms with van der Waals surface area (Å²) < 4.78 is 2.10. The molecule has 1 aromatic carbocycles. The van der Waals surface area contributed by atoms with E-state index in [2.05, 4.69) is 25.1 Å². The first-order chi connectivity index (χ1) is 16.2. The second-order valence-corrected chi connectivity index (χ2v) is 9.47. The van der Waals surface area contributed by atoms with Crippen LogP contribution < -0.4 is 16.4 Å². The number of amides is 2. The number of nitrogens with two attached hydrogens (primary N) is 1. The third kappa shape index (κ3) is 5.53. The number of rotatable bonds is 7. The van der Waals surface area contributed by atoms with Crippen LogP contribution in [0.2, 0.25) is 0 Å². The number of nitrogens with one attached hydrogen (secondary N) is 2. The van der Waals surface area contributed by atoms with E-state index in [0.29, 0.717) is 25.3 Å². The Morgan fingerprint density at radius 1 is 1.24 bits per heavy atom. The smallest absolute Gasteiger partial charge is 0.272 e. The lowest BCUT2D eigenvalue weighted by atomic mass is 9.86. The van der Waals surface area contributed by atoms with Crippen LogP contribution in [0.5, 0.6) is 0 Å². The summed E-state index contributed by atoms with van der Waals surface area (Å²) in [5.74, 6) is 0.147. The zero-order valence-corrected chi connectivity index (χ0v) is 20.6. The van der Waals surface area contributed by atoms with Gasteiger partial charge in [-0.05, 0) is 17.2 Å². The Balaban J connectivity index is 1.99. The van der Waals surface area contributed by atoms with Gasteiger partial charge in [0, 0.05) is 52.1 Å². The van der Waals surface area contributed by atoms with Crippen LogP contribution in [0.25, 0.3) is 11.4 Å². The molecule has 182 valence electrons. The van der Waals surface area contributed by atoms with Gasteiger partial charge in [-0.15, -0.1) is 0 Å². The molecule has 34 heavy (non-hydrogen) atoms. The van der Waals surface area contributed by atoms with Crippen molar-refractivity contribution in [1.29, 1.82) is 0 Å². The molecule has 2 aromatic rings. The van der Waals surface area contributed by atoms with Crippen molar-refractivity contribution in [2.75, 3.05) is 27.2 Å². The van der Waals surface area contributed by atoms with Gasteiger partial charge in [0.15, 0.2) is 5.69 Å². The molecule has 4 N–H and O–H groups in total. The molecule has 0 saturated heterocycles. The second-order valence-electron chi connectivity index (χ2n) is 9.47. The standard InChI is InChI=1S/C25H35N7O2/c1-25(2,3)21(24(34)28-5)30-23(33)20-19-16-31(15-17(13-26)14-27-4)11-12-32(19)22(29-20)18-9-7-6-8-10-18/h6-10,13-14,21H,11-12,15-16,26H2,1-5H3,(H,28,34)(H,30,33)/b17-13+,27-14?/t21-/m1/s1. The average Bonchev–Trinajstić information content (AvgIpc) is 3.20. The van der Waals surface area contributed by atoms with Gasteiger partial charge in [-0.2, -0.15) is 0 Å². The van der Waals surface area contributed by atoms with Gasteiger partial charge in [-0.3, -0.25) is 19.5 Å². The van der Waals surface area contributed by atoms with Crippen LogP contribution in [-0.2, 0) is 17.9 Å². The molecule has 3 rings (SSSR count). The number of aromatic nitrogens is 2. The third-order valence-corrected chi connectivity index (χ3v) is 5.90. The quantitative estimate of drug-likeness (QED) is 0.539. The van der Waals surface area contributed by atoms with Gasteiger partial charge in [-0.1, -0.05) is 51.1 Å². The maximum absolute atomic E-state index is 13.5. The summed E-state index contributed by atoms with van der Waals surface area (Å²) in [4.78, 5) is 37.1.